The zero-order valence-electron chi connectivity index (χ0n) is 13.8. The van der Waals surface area contributed by atoms with Gasteiger partial charge < -0.3 is 4.90 Å². The van der Waals surface area contributed by atoms with Gasteiger partial charge in [-0.1, -0.05) is 34.1 Å². The van der Waals surface area contributed by atoms with Crippen LogP contribution in [0.15, 0.2) is 51.8 Å². The molecule has 0 heterocycles. The highest BCUT2D eigenvalue weighted by Crippen LogP contribution is 2.35. The molecule has 6 heteroatoms. The lowest BCUT2D eigenvalue weighted by Crippen LogP contribution is -2.34. The van der Waals surface area contributed by atoms with E-state index in [4.69, 9.17) is 0 Å². The van der Waals surface area contributed by atoms with Crippen molar-refractivity contribution < 1.29 is 8.42 Å². The molecule has 1 aliphatic rings. The second-order valence-corrected chi connectivity index (χ2v) is 8.87. The van der Waals surface area contributed by atoms with Crippen molar-refractivity contribution in [1.29, 1.82) is 0 Å². The van der Waals surface area contributed by atoms with Crippen LogP contribution in [-0.4, -0.2) is 33.5 Å². The number of fused-ring (bicyclic) bond motifs is 1. The van der Waals surface area contributed by atoms with Gasteiger partial charge in [0.05, 0.1) is 10.6 Å². The smallest absolute Gasteiger partial charge is 0.261 e. The van der Waals surface area contributed by atoms with Crippen LogP contribution in [0.1, 0.15) is 17.5 Å². The highest BCUT2D eigenvalue weighted by Gasteiger charge is 2.25. The fraction of sp³-hybridized carbons (Fsp3) is 0.333. The second kappa shape index (κ2) is 6.86. The number of nitrogens with one attached hydrogen (secondary N) is 1. The number of hydrogen-bond acceptors (Lipinski definition) is 3. The molecule has 2 aromatic rings. The SMILES string of the molecule is CN(C)[C@H]1CCc2c(NS(=O)(=O)c3ccccc3)ccc(Br)c2C1. The first-order chi connectivity index (χ1) is 11.4. The lowest BCUT2D eigenvalue weighted by atomic mass is 9.87. The molecule has 1 atom stereocenters. The fourth-order valence-electron chi connectivity index (χ4n) is 3.16. The Labute approximate surface area is 152 Å². The van der Waals surface area contributed by atoms with E-state index in [-0.39, 0.29) is 4.90 Å². The molecule has 0 saturated carbocycles. The monoisotopic (exact) mass is 408 g/mol. The van der Waals surface area contributed by atoms with Gasteiger partial charge >= 0.3 is 0 Å². The third-order valence-electron chi connectivity index (χ3n) is 4.57. The van der Waals surface area contributed by atoms with Crippen molar-refractivity contribution in [3.63, 3.8) is 0 Å². The Bertz CT molecular complexity index is 836. The van der Waals surface area contributed by atoms with E-state index in [2.05, 4.69) is 39.6 Å². The molecule has 0 spiro atoms. The third-order valence-corrected chi connectivity index (χ3v) is 6.69. The molecule has 0 radical (unpaired) electrons. The van der Waals surface area contributed by atoms with Gasteiger partial charge in [-0.2, -0.15) is 0 Å². The van der Waals surface area contributed by atoms with Gasteiger partial charge in [-0.05, 0) is 68.8 Å². The number of anilines is 1. The second-order valence-electron chi connectivity index (χ2n) is 6.33. The van der Waals surface area contributed by atoms with Crippen molar-refractivity contribution in [2.45, 2.75) is 30.2 Å². The minimum atomic E-state index is -3.57. The Balaban J connectivity index is 1.95. The van der Waals surface area contributed by atoms with Crippen LogP contribution >= 0.6 is 15.9 Å². The van der Waals surface area contributed by atoms with Gasteiger partial charge in [-0.15, -0.1) is 0 Å². The molecule has 128 valence electrons. The first-order valence-corrected chi connectivity index (χ1v) is 10.2. The molecule has 0 bridgehead atoms. The molecule has 0 fully saturated rings. The van der Waals surface area contributed by atoms with Crippen molar-refractivity contribution in [1.82, 2.24) is 4.90 Å². The summed E-state index contributed by atoms with van der Waals surface area (Å²) >= 11 is 3.62. The summed E-state index contributed by atoms with van der Waals surface area (Å²) in [4.78, 5) is 2.51. The van der Waals surface area contributed by atoms with Crippen LogP contribution in [0.2, 0.25) is 0 Å². The molecule has 3 rings (SSSR count). The molecule has 4 nitrogen and oxygen atoms in total. The van der Waals surface area contributed by atoms with E-state index in [1.54, 1.807) is 24.3 Å². The van der Waals surface area contributed by atoms with E-state index in [1.165, 1.54) is 5.56 Å². The largest absolute Gasteiger partial charge is 0.306 e. The zero-order valence-corrected chi connectivity index (χ0v) is 16.2. The van der Waals surface area contributed by atoms with Crippen LogP contribution in [0.5, 0.6) is 0 Å². The van der Waals surface area contributed by atoms with Crippen molar-refractivity contribution in [2.75, 3.05) is 18.8 Å². The Morgan fingerprint density at radius 2 is 1.79 bits per heavy atom. The van der Waals surface area contributed by atoms with Crippen LogP contribution in [-0.2, 0) is 22.9 Å². The number of sulfonamides is 1. The topological polar surface area (TPSA) is 49.4 Å². The Kier molecular flexibility index (Phi) is 4.99. The van der Waals surface area contributed by atoms with Crippen LogP contribution < -0.4 is 4.72 Å². The van der Waals surface area contributed by atoms with Crippen molar-refractivity contribution >= 4 is 31.6 Å². The molecule has 1 N–H and O–H groups in total. The van der Waals surface area contributed by atoms with Gasteiger partial charge in [-0.3, -0.25) is 4.72 Å². The van der Waals surface area contributed by atoms with Crippen LogP contribution in [0.3, 0.4) is 0 Å². The van der Waals surface area contributed by atoms with Gasteiger partial charge in [0, 0.05) is 10.5 Å². The van der Waals surface area contributed by atoms with Crippen LogP contribution in [0.25, 0.3) is 0 Å². The number of hydrogen-bond donors (Lipinski definition) is 1. The van der Waals surface area contributed by atoms with E-state index >= 15 is 0 Å². The van der Waals surface area contributed by atoms with E-state index in [0.29, 0.717) is 11.7 Å². The maximum Gasteiger partial charge on any atom is 0.261 e. The first-order valence-electron chi connectivity index (χ1n) is 7.93. The summed E-state index contributed by atoms with van der Waals surface area (Å²) in [5, 5.41) is 0. The quantitative estimate of drug-likeness (QED) is 0.839. The summed E-state index contributed by atoms with van der Waals surface area (Å²) < 4.78 is 29.0. The van der Waals surface area contributed by atoms with Crippen LogP contribution in [0, 0.1) is 0 Å². The summed E-state index contributed by atoms with van der Waals surface area (Å²) in [7, 11) is 0.612. The molecular weight excluding hydrogens is 388 g/mol. The van der Waals surface area contributed by atoms with Crippen molar-refractivity contribution in [3.8, 4) is 0 Å². The summed E-state index contributed by atoms with van der Waals surface area (Å²) in [5.74, 6) is 0. The van der Waals surface area contributed by atoms with Gasteiger partial charge in [-0.25, -0.2) is 8.42 Å². The van der Waals surface area contributed by atoms with Gasteiger partial charge in [0.2, 0.25) is 0 Å². The zero-order chi connectivity index (χ0) is 17.3. The number of benzene rings is 2. The molecule has 0 aliphatic heterocycles. The standard InChI is InChI=1S/C18H21BrN2O2S/c1-21(2)13-8-9-15-16(12-13)17(19)10-11-18(15)20-24(22,23)14-6-4-3-5-7-14/h3-7,10-11,13,20H,8-9,12H2,1-2H3/t13-/m0/s1. The number of halogens is 1. The van der Waals surface area contributed by atoms with E-state index in [9.17, 15) is 8.42 Å². The maximum atomic E-state index is 12.6. The fourth-order valence-corrected chi connectivity index (χ4v) is 4.81. The minimum absolute atomic E-state index is 0.281. The summed E-state index contributed by atoms with van der Waals surface area (Å²) in [5.41, 5.74) is 2.99. The third kappa shape index (κ3) is 3.50. The Hall–Kier alpha value is -1.37. The van der Waals surface area contributed by atoms with Crippen LogP contribution in [0.4, 0.5) is 5.69 Å². The molecule has 2 aromatic carbocycles. The lowest BCUT2D eigenvalue weighted by molar-refractivity contribution is 0.268. The molecule has 24 heavy (non-hydrogen) atoms. The number of likely N-dealkylation sites (N-methyl/N-ethyl adjacent to an activating group) is 1. The Morgan fingerprint density at radius 3 is 2.46 bits per heavy atom. The van der Waals surface area contributed by atoms with Crippen molar-refractivity contribution in [3.05, 3.63) is 58.1 Å². The predicted molar refractivity (Wildman–Crippen MR) is 101 cm³/mol. The van der Waals surface area contributed by atoms with Gasteiger partial charge in [0.15, 0.2) is 0 Å². The van der Waals surface area contributed by atoms with E-state index < -0.39 is 10.0 Å². The first kappa shape index (κ1) is 17.5. The molecular formula is C18H21BrN2O2S. The number of nitrogens with zero attached hydrogens (tertiary/aromatic N) is 1. The summed E-state index contributed by atoms with van der Waals surface area (Å²) in [6.07, 6.45) is 2.81. The maximum absolute atomic E-state index is 12.6. The average molecular weight is 409 g/mol. The molecule has 0 aromatic heterocycles. The molecule has 0 unspecified atom stereocenters. The lowest BCUT2D eigenvalue weighted by Gasteiger charge is -2.31. The summed E-state index contributed by atoms with van der Waals surface area (Å²) in [6.45, 7) is 0. The van der Waals surface area contributed by atoms with E-state index in [0.717, 1.165) is 29.3 Å². The minimum Gasteiger partial charge on any atom is -0.306 e. The average Bonchev–Trinajstić information content (AvgIpc) is 2.58. The Morgan fingerprint density at radius 1 is 1.08 bits per heavy atom. The van der Waals surface area contributed by atoms with Gasteiger partial charge in [0.1, 0.15) is 0 Å². The normalized spacial score (nSPS) is 17.6. The van der Waals surface area contributed by atoms with Crippen molar-refractivity contribution in [2.24, 2.45) is 0 Å². The predicted octanol–water partition coefficient (Wildman–Crippen LogP) is 3.67. The number of rotatable bonds is 4. The molecule has 1 aliphatic carbocycles. The van der Waals surface area contributed by atoms with E-state index in [1.807, 2.05) is 18.2 Å². The molecule has 0 amide bonds. The van der Waals surface area contributed by atoms with Gasteiger partial charge in [0.25, 0.3) is 10.0 Å². The summed E-state index contributed by atoms with van der Waals surface area (Å²) in [6, 6.07) is 12.7. The highest BCUT2D eigenvalue weighted by atomic mass is 79.9. The highest BCUT2D eigenvalue weighted by molar-refractivity contribution is 9.10. The molecule has 0 saturated heterocycles.